The van der Waals surface area contributed by atoms with Gasteiger partial charge in [0.25, 0.3) is 0 Å². The number of nitrogens with zero attached hydrogens (tertiary/aromatic N) is 3. The van der Waals surface area contributed by atoms with Crippen molar-refractivity contribution in [2.45, 2.75) is 13.8 Å². The lowest BCUT2D eigenvalue weighted by molar-refractivity contribution is 0.262. The van der Waals surface area contributed by atoms with Gasteiger partial charge in [-0.3, -0.25) is 0 Å². The van der Waals surface area contributed by atoms with E-state index in [1.165, 1.54) is 0 Å². The highest BCUT2D eigenvalue weighted by Gasteiger charge is 2.06. The first-order valence-electron chi connectivity index (χ1n) is 8.94. The third-order valence-electron chi connectivity index (χ3n) is 4.09. The van der Waals surface area contributed by atoms with E-state index in [4.69, 9.17) is 0 Å². The minimum atomic E-state index is -0.281. The van der Waals surface area contributed by atoms with Gasteiger partial charge in [0.2, 0.25) is 0 Å². The van der Waals surface area contributed by atoms with Gasteiger partial charge >= 0.3 is 6.03 Å². The molecule has 2 amide bonds. The van der Waals surface area contributed by atoms with Gasteiger partial charge in [-0.15, -0.1) is 0 Å². The zero-order chi connectivity index (χ0) is 20.1. The molecule has 0 atom stereocenters. The van der Waals surface area contributed by atoms with Crippen LogP contribution in [0.4, 0.5) is 33.5 Å². The minimum absolute atomic E-state index is 0.281. The van der Waals surface area contributed by atoms with Gasteiger partial charge in [-0.05, 0) is 49.7 Å². The van der Waals surface area contributed by atoms with Crippen molar-refractivity contribution in [3.05, 3.63) is 66.0 Å². The van der Waals surface area contributed by atoms with Gasteiger partial charge in [-0.2, -0.15) is 0 Å². The fourth-order valence-corrected chi connectivity index (χ4v) is 2.63. The lowest BCUT2D eigenvalue weighted by Crippen LogP contribution is -2.19. The SMILES string of the molecule is Cc1nc(Nc2ccc(NC(=O)Nc3ccccc3C)cc2)cc(N(C)C)n1. The Labute approximate surface area is 164 Å². The summed E-state index contributed by atoms with van der Waals surface area (Å²) in [6, 6.07) is 16.7. The van der Waals surface area contributed by atoms with Gasteiger partial charge in [0, 0.05) is 37.2 Å². The number of hydrogen-bond acceptors (Lipinski definition) is 5. The molecule has 7 nitrogen and oxygen atoms in total. The van der Waals surface area contributed by atoms with E-state index in [-0.39, 0.29) is 6.03 Å². The molecule has 0 saturated heterocycles. The summed E-state index contributed by atoms with van der Waals surface area (Å²) in [4.78, 5) is 22.9. The molecule has 0 fully saturated rings. The second-order valence-corrected chi connectivity index (χ2v) is 6.65. The molecule has 0 saturated carbocycles. The number of benzene rings is 2. The molecule has 28 heavy (non-hydrogen) atoms. The standard InChI is InChI=1S/C21H24N6O/c1-14-7-5-6-8-18(14)26-21(28)25-17-11-9-16(10-12-17)24-19-13-20(27(3)4)23-15(2)22-19/h5-13H,1-4H3,(H,22,23,24)(H2,25,26,28). The topological polar surface area (TPSA) is 82.2 Å². The third-order valence-corrected chi connectivity index (χ3v) is 4.09. The van der Waals surface area contributed by atoms with E-state index in [2.05, 4.69) is 25.9 Å². The Morgan fingerprint density at radius 2 is 1.57 bits per heavy atom. The van der Waals surface area contributed by atoms with Gasteiger partial charge in [0.1, 0.15) is 17.5 Å². The zero-order valence-electron chi connectivity index (χ0n) is 16.4. The number of anilines is 5. The average molecular weight is 376 g/mol. The summed E-state index contributed by atoms with van der Waals surface area (Å²) in [5.74, 6) is 2.25. The zero-order valence-corrected chi connectivity index (χ0v) is 16.4. The number of hydrogen-bond donors (Lipinski definition) is 3. The maximum absolute atomic E-state index is 12.2. The van der Waals surface area contributed by atoms with E-state index >= 15 is 0 Å². The maximum atomic E-state index is 12.2. The third kappa shape index (κ3) is 4.97. The van der Waals surface area contributed by atoms with Crippen molar-refractivity contribution in [2.24, 2.45) is 0 Å². The highest BCUT2D eigenvalue weighted by atomic mass is 16.2. The molecule has 0 aliphatic rings. The molecule has 3 rings (SSSR count). The summed E-state index contributed by atoms with van der Waals surface area (Å²) in [7, 11) is 3.88. The number of aromatic nitrogens is 2. The van der Waals surface area contributed by atoms with Crippen LogP contribution in [0.3, 0.4) is 0 Å². The number of para-hydroxylation sites is 1. The van der Waals surface area contributed by atoms with Crippen LogP contribution in [0.2, 0.25) is 0 Å². The minimum Gasteiger partial charge on any atom is -0.363 e. The molecule has 3 aromatic rings. The van der Waals surface area contributed by atoms with Crippen LogP contribution in [0.1, 0.15) is 11.4 Å². The maximum Gasteiger partial charge on any atom is 0.323 e. The molecule has 3 N–H and O–H groups in total. The molecule has 1 heterocycles. The fourth-order valence-electron chi connectivity index (χ4n) is 2.63. The van der Waals surface area contributed by atoms with E-state index in [0.717, 1.165) is 22.8 Å². The molecule has 2 aromatic carbocycles. The van der Waals surface area contributed by atoms with Crippen molar-refractivity contribution in [2.75, 3.05) is 34.9 Å². The van der Waals surface area contributed by atoms with Crippen LogP contribution < -0.4 is 20.9 Å². The molecule has 0 aliphatic carbocycles. The normalized spacial score (nSPS) is 10.3. The number of carbonyl (C=O) groups excluding carboxylic acids is 1. The van der Waals surface area contributed by atoms with Crippen molar-refractivity contribution >= 4 is 34.7 Å². The molecule has 0 bridgehead atoms. The quantitative estimate of drug-likeness (QED) is 0.609. The van der Waals surface area contributed by atoms with E-state index < -0.39 is 0 Å². The lowest BCUT2D eigenvalue weighted by atomic mass is 10.2. The second kappa shape index (κ2) is 8.39. The molecule has 0 radical (unpaired) electrons. The van der Waals surface area contributed by atoms with Gasteiger partial charge in [0.05, 0.1) is 0 Å². The molecular formula is C21H24N6O. The van der Waals surface area contributed by atoms with Crippen LogP contribution in [-0.2, 0) is 0 Å². The van der Waals surface area contributed by atoms with Gasteiger partial charge in [-0.1, -0.05) is 18.2 Å². The second-order valence-electron chi connectivity index (χ2n) is 6.65. The van der Waals surface area contributed by atoms with Gasteiger partial charge in [0.15, 0.2) is 0 Å². The monoisotopic (exact) mass is 376 g/mol. The first-order chi connectivity index (χ1) is 13.4. The van der Waals surface area contributed by atoms with Crippen LogP contribution in [0, 0.1) is 13.8 Å². The molecule has 1 aromatic heterocycles. The number of rotatable bonds is 5. The molecule has 0 spiro atoms. The summed E-state index contributed by atoms with van der Waals surface area (Å²) in [5.41, 5.74) is 3.36. The molecule has 0 aliphatic heterocycles. The predicted octanol–water partition coefficient (Wildman–Crippen LogP) is 4.55. The Morgan fingerprint density at radius 1 is 0.893 bits per heavy atom. The largest absolute Gasteiger partial charge is 0.363 e. The molecule has 0 unspecified atom stereocenters. The summed E-state index contributed by atoms with van der Waals surface area (Å²) in [6.07, 6.45) is 0. The number of aryl methyl sites for hydroxylation is 2. The van der Waals surface area contributed by atoms with Crippen LogP contribution in [0.25, 0.3) is 0 Å². The molecule has 7 heteroatoms. The van der Waals surface area contributed by atoms with Crippen molar-refractivity contribution < 1.29 is 4.79 Å². The predicted molar refractivity (Wildman–Crippen MR) is 115 cm³/mol. The summed E-state index contributed by atoms with van der Waals surface area (Å²) >= 11 is 0. The van der Waals surface area contributed by atoms with Crippen LogP contribution in [0.5, 0.6) is 0 Å². The Morgan fingerprint density at radius 3 is 2.25 bits per heavy atom. The Bertz CT molecular complexity index is 969. The van der Waals surface area contributed by atoms with Gasteiger partial charge < -0.3 is 20.9 Å². The summed E-state index contributed by atoms with van der Waals surface area (Å²) < 4.78 is 0. The van der Waals surface area contributed by atoms with E-state index in [9.17, 15) is 4.79 Å². The Balaban J connectivity index is 1.64. The molecular weight excluding hydrogens is 352 g/mol. The van der Waals surface area contributed by atoms with Gasteiger partial charge in [-0.25, -0.2) is 14.8 Å². The number of nitrogens with one attached hydrogen (secondary N) is 3. The van der Waals surface area contributed by atoms with Crippen LogP contribution in [-0.4, -0.2) is 30.1 Å². The van der Waals surface area contributed by atoms with Crippen molar-refractivity contribution in [3.8, 4) is 0 Å². The van der Waals surface area contributed by atoms with Crippen molar-refractivity contribution in [1.29, 1.82) is 0 Å². The van der Waals surface area contributed by atoms with Crippen molar-refractivity contribution in [3.63, 3.8) is 0 Å². The summed E-state index contributed by atoms with van der Waals surface area (Å²) in [6.45, 7) is 3.81. The number of urea groups is 1. The van der Waals surface area contributed by atoms with E-state index in [1.807, 2.05) is 87.4 Å². The van der Waals surface area contributed by atoms with Crippen LogP contribution in [0.15, 0.2) is 54.6 Å². The van der Waals surface area contributed by atoms with E-state index in [0.29, 0.717) is 17.3 Å². The Kier molecular flexibility index (Phi) is 5.74. The average Bonchev–Trinajstić information content (AvgIpc) is 2.65. The smallest absolute Gasteiger partial charge is 0.323 e. The summed E-state index contributed by atoms with van der Waals surface area (Å²) in [5, 5.41) is 8.94. The van der Waals surface area contributed by atoms with Crippen LogP contribution >= 0.6 is 0 Å². The van der Waals surface area contributed by atoms with Crippen molar-refractivity contribution in [1.82, 2.24) is 9.97 Å². The van der Waals surface area contributed by atoms with E-state index in [1.54, 1.807) is 0 Å². The number of amides is 2. The number of carbonyl (C=O) groups is 1. The Hall–Kier alpha value is -3.61. The highest BCUT2D eigenvalue weighted by Crippen LogP contribution is 2.21. The fraction of sp³-hybridized carbons (Fsp3) is 0.190. The first-order valence-corrected chi connectivity index (χ1v) is 8.94. The molecule has 144 valence electrons. The lowest BCUT2D eigenvalue weighted by Gasteiger charge is -2.14. The first kappa shape index (κ1) is 19.2. The highest BCUT2D eigenvalue weighted by molar-refractivity contribution is 6.00.